The third-order valence-corrected chi connectivity index (χ3v) is 5.19. The molecule has 0 fully saturated rings. The predicted molar refractivity (Wildman–Crippen MR) is 116 cm³/mol. The van der Waals surface area contributed by atoms with Crippen molar-refractivity contribution in [2.24, 2.45) is 0 Å². The molecule has 1 aromatic heterocycles. The number of rotatable bonds is 4. The summed E-state index contributed by atoms with van der Waals surface area (Å²) in [6.45, 7) is 6.29. The van der Waals surface area contributed by atoms with Crippen molar-refractivity contribution >= 4 is 22.4 Å². The summed E-state index contributed by atoms with van der Waals surface area (Å²) in [4.78, 5) is 12.7. The smallest absolute Gasteiger partial charge is 0.291 e. The normalized spacial score (nSPS) is 11.0. The van der Waals surface area contributed by atoms with Gasteiger partial charge in [0.1, 0.15) is 11.5 Å². The number of amides is 1. The zero-order chi connectivity index (χ0) is 20.5. The SMILES string of the molecule is Cc1cc(C)c(Cc2ccc(C(=O)Nc3cccc4ccc(O)cc34)o2)c(C)c1. The Bertz CT molecular complexity index is 1200. The van der Waals surface area contributed by atoms with E-state index in [0.717, 1.165) is 16.5 Å². The summed E-state index contributed by atoms with van der Waals surface area (Å²) >= 11 is 0. The first kappa shape index (κ1) is 18.8. The zero-order valence-corrected chi connectivity index (χ0v) is 16.7. The quantitative estimate of drug-likeness (QED) is 0.459. The summed E-state index contributed by atoms with van der Waals surface area (Å²) in [6.07, 6.45) is 0.646. The highest BCUT2D eigenvalue weighted by atomic mass is 16.3. The van der Waals surface area contributed by atoms with Crippen molar-refractivity contribution in [3.8, 4) is 5.75 Å². The molecule has 0 saturated heterocycles. The second kappa shape index (κ2) is 7.47. The van der Waals surface area contributed by atoms with Gasteiger partial charge in [0, 0.05) is 17.5 Å². The molecule has 0 saturated carbocycles. The number of benzene rings is 3. The van der Waals surface area contributed by atoms with Crippen LogP contribution in [-0.4, -0.2) is 11.0 Å². The third kappa shape index (κ3) is 3.87. The maximum atomic E-state index is 12.7. The van der Waals surface area contributed by atoms with Crippen molar-refractivity contribution in [1.82, 2.24) is 0 Å². The lowest BCUT2D eigenvalue weighted by molar-refractivity contribution is 0.0995. The zero-order valence-electron chi connectivity index (χ0n) is 16.7. The number of aryl methyl sites for hydroxylation is 3. The Hall–Kier alpha value is -3.53. The van der Waals surface area contributed by atoms with E-state index in [4.69, 9.17) is 4.42 Å². The van der Waals surface area contributed by atoms with Crippen molar-refractivity contribution in [2.75, 3.05) is 5.32 Å². The molecule has 146 valence electrons. The van der Waals surface area contributed by atoms with Crippen LogP contribution in [0.25, 0.3) is 10.8 Å². The second-order valence-corrected chi connectivity index (χ2v) is 7.49. The molecular weight excluding hydrogens is 362 g/mol. The van der Waals surface area contributed by atoms with E-state index in [0.29, 0.717) is 12.1 Å². The van der Waals surface area contributed by atoms with E-state index < -0.39 is 0 Å². The molecule has 29 heavy (non-hydrogen) atoms. The average molecular weight is 385 g/mol. The van der Waals surface area contributed by atoms with Crippen molar-refractivity contribution < 1.29 is 14.3 Å². The number of hydrogen-bond acceptors (Lipinski definition) is 3. The summed E-state index contributed by atoms with van der Waals surface area (Å²) in [7, 11) is 0. The minimum absolute atomic E-state index is 0.156. The van der Waals surface area contributed by atoms with Crippen molar-refractivity contribution in [1.29, 1.82) is 0 Å². The molecule has 1 amide bonds. The maximum absolute atomic E-state index is 12.7. The van der Waals surface area contributed by atoms with E-state index in [2.05, 4.69) is 38.2 Å². The topological polar surface area (TPSA) is 62.5 Å². The average Bonchev–Trinajstić information content (AvgIpc) is 3.14. The number of carbonyl (C=O) groups excluding carboxylic acids is 1. The lowest BCUT2D eigenvalue weighted by Crippen LogP contribution is -2.11. The Morgan fingerprint density at radius 2 is 1.72 bits per heavy atom. The molecule has 4 nitrogen and oxygen atoms in total. The van der Waals surface area contributed by atoms with E-state index >= 15 is 0 Å². The summed E-state index contributed by atoms with van der Waals surface area (Å²) in [5, 5.41) is 14.4. The monoisotopic (exact) mass is 385 g/mol. The summed E-state index contributed by atoms with van der Waals surface area (Å²) in [6, 6.07) is 18.6. The molecular formula is C25H23NO3. The largest absolute Gasteiger partial charge is 0.508 e. The Morgan fingerprint density at radius 3 is 2.48 bits per heavy atom. The second-order valence-electron chi connectivity index (χ2n) is 7.49. The van der Waals surface area contributed by atoms with Gasteiger partial charge in [-0.1, -0.05) is 35.9 Å². The third-order valence-electron chi connectivity index (χ3n) is 5.19. The molecule has 0 aliphatic heterocycles. The van der Waals surface area contributed by atoms with E-state index in [1.54, 1.807) is 18.2 Å². The molecule has 0 unspecified atom stereocenters. The number of furan rings is 1. The van der Waals surface area contributed by atoms with Gasteiger partial charge in [-0.15, -0.1) is 0 Å². The fraction of sp³-hybridized carbons (Fsp3) is 0.160. The van der Waals surface area contributed by atoms with Crippen LogP contribution >= 0.6 is 0 Å². The molecule has 4 rings (SSSR count). The molecule has 0 radical (unpaired) electrons. The molecule has 0 bridgehead atoms. The molecule has 0 spiro atoms. The van der Waals surface area contributed by atoms with Crippen LogP contribution in [0, 0.1) is 20.8 Å². The molecule has 4 heteroatoms. The Kier molecular flexibility index (Phi) is 4.85. The number of phenols is 1. The lowest BCUT2D eigenvalue weighted by atomic mass is 9.97. The summed E-state index contributed by atoms with van der Waals surface area (Å²) in [5.74, 6) is 0.855. The Labute approximate surface area is 169 Å². The van der Waals surface area contributed by atoms with Gasteiger partial charge in [-0.2, -0.15) is 0 Å². The van der Waals surface area contributed by atoms with Gasteiger partial charge in [0.15, 0.2) is 5.76 Å². The first-order valence-corrected chi connectivity index (χ1v) is 9.59. The minimum Gasteiger partial charge on any atom is -0.508 e. The van der Waals surface area contributed by atoms with Gasteiger partial charge in [0.2, 0.25) is 0 Å². The molecule has 0 aliphatic carbocycles. The van der Waals surface area contributed by atoms with Gasteiger partial charge in [-0.3, -0.25) is 4.79 Å². The summed E-state index contributed by atoms with van der Waals surface area (Å²) < 4.78 is 5.84. The lowest BCUT2D eigenvalue weighted by Gasteiger charge is -2.10. The number of anilines is 1. The standard InChI is InChI=1S/C25H23NO3/c1-15-11-16(2)21(17(3)12-15)14-20-9-10-24(29-20)25(28)26-23-6-4-5-18-7-8-19(27)13-22(18)23/h4-13,27H,14H2,1-3H3,(H,26,28). The first-order chi connectivity index (χ1) is 13.9. The van der Waals surface area contributed by atoms with Gasteiger partial charge in [0.25, 0.3) is 5.91 Å². The van der Waals surface area contributed by atoms with Crippen LogP contribution in [0.3, 0.4) is 0 Å². The highest BCUT2D eigenvalue weighted by Crippen LogP contribution is 2.28. The molecule has 2 N–H and O–H groups in total. The molecule has 3 aromatic carbocycles. The van der Waals surface area contributed by atoms with Crippen molar-refractivity contribution in [3.63, 3.8) is 0 Å². The van der Waals surface area contributed by atoms with Crippen LogP contribution in [-0.2, 0) is 6.42 Å². The van der Waals surface area contributed by atoms with Gasteiger partial charge in [0.05, 0.1) is 0 Å². The van der Waals surface area contributed by atoms with E-state index in [1.165, 1.54) is 22.3 Å². The number of phenolic OH excluding ortho intramolecular Hbond substituents is 1. The number of carbonyl (C=O) groups is 1. The number of aromatic hydroxyl groups is 1. The van der Waals surface area contributed by atoms with E-state index in [-0.39, 0.29) is 17.4 Å². The first-order valence-electron chi connectivity index (χ1n) is 9.59. The minimum atomic E-state index is -0.315. The predicted octanol–water partition coefficient (Wildman–Crippen LogP) is 5.91. The molecule has 4 aromatic rings. The number of fused-ring (bicyclic) bond motifs is 1. The van der Waals surface area contributed by atoms with Crippen LogP contribution in [0.4, 0.5) is 5.69 Å². The van der Waals surface area contributed by atoms with Crippen molar-refractivity contribution in [2.45, 2.75) is 27.2 Å². The van der Waals surface area contributed by atoms with Gasteiger partial charge >= 0.3 is 0 Å². The van der Waals surface area contributed by atoms with Crippen molar-refractivity contribution in [3.05, 3.63) is 94.4 Å². The fourth-order valence-electron chi connectivity index (χ4n) is 3.81. The fourth-order valence-corrected chi connectivity index (χ4v) is 3.81. The van der Waals surface area contributed by atoms with E-state index in [9.17, 15) is 9.90 Å². The van der Waals surface area contributed by atoms with Gasteiger partial charge in [-0.05, 0) is 73.2 Å². The Balaban J connectivity index is 1.56. The summed E-state index contributed by atoms with van der Waals surface area (Å²) in [5.41, 5.74) is 5.54. The number of hydrogen-bond donors (Lipinski definition) is 2. The van der Waals surface area contributed by atoms with Crippen LogP contribution < -0.4 is 5.32 Å². The highest BCUT2D eigenvalue weighted by molar-refractivity contribution is 6.08. The Morgan fingerprint density at radius 1 is 0.966 bits per heavy atom. The van der Waals surface area contributed by atoms with Crippen LogP contribution in [0.1, 0.15) is 38.6 Å². The molecule has 0 atom stereocenters. The number of nitrogens with one attached hydrogen (secondary N) is 1. The van der Waals surface area contributed by atoms with Crippen LogP contribution in [0.15, 0.2) is 65.1 Å². The van der Waals surface area contributed by atoms with Crippen LogP contribution in [0.5, 0.6) is 5.75 Å². The van der Waals surface area contributed by atoms with Gasteiger partial charge < -0.3 is 14.8 Å². The van der Waals surface area contributed by atoms with Gasteiger partial charge in [-0.25, -0.2) is 0 Å². The molecule has 0 aliphatic rings. The van der Waals surface area contributed by atoms with E-state index in [1.807, 2.05) is 30.3 Å². The maximum Gasteiger partial charge on any atom is 0.291 e. The molecule has 1 heterocycles. The highest BCUT2D eigenvalue weighted by Gasteiger charge is 2.15. The van der Waals surface area contributed by atoms with Crippen LogP contribution in [0.2, 0.25) is 0 Å².